The number of hydrogen-bond donors (Lipinski definition) is 2. The van der Waals surface area contributed by atoms with Gasteiger partial charge in [-0.25, -0.2) is 0 Å². The second-order valence-corrected chi connectivity index (χ2v) is 11.1. The molecular weight excluding hydrogens is 518 g/mol. The first-order valence-electron chi connectivity index (χ1n) is 14.1. The van der Waals surface area contributed by atoms with E-state index in [1.54, 1.807) is 58.0 Å². The first-order valence-corrected chi connectivity index (χ1v) is 14.1. The summed E-state index contributed by atoms with van der Waals surface area (Å²) in [5.74, 6) is 1.13. The van der Waals surface area contributed by atoms with E-state index in [2.05, 4.69) is 43.3 Å². The van der Waals surface area contributed by atoms with E-state index in [4.69, 9.17) is 14.2 Å². The summed E-state index contributed by atoms with van der Waals surface area (Å²) in [7, 11) is 4.76. The molecule has 220 valence electrons. The number of ether oxygens (including phenoxy) is 3. The van der Waals surface area contributed by atoms with Crippen molar-refractivity contribution in [3.8, 4) is 17.2 Å². The fourth-order valence-corrected chi connectivity index (χ4v) is 4.96. The molecule has 0 aliphatic rings. The Hall–Kier alpha value is -4.07. The Balaban J connectivity index is 1.92. The van der Waals surface area contributed by atoms with E-state index in [0.29, 0.717) is 34.2 Å². The molecule has 2 amide bonds. The van der Waals surface area contributed by atoms with Crippen molar-refractivity contribution in [1.29, 1.82) is 0 Å². The SMILES string of the molecule is CCCCCC(CC(=O)Nc1cc(C(=O)Nc2cccnc2)ccc1C(C)(C)C)c1ccc(OC)c(OC)c1OC. The normalized spacial score (nSPS) is 11.9. The van der Waals surface area contributed by atoms with Gasteiger partial charge < -0.3 is 24.8 Å². The standard InChI is InChI=1S/C33H43N3O5/c1-8-9-10-12-22(25-15-17-28(39-5)31(41-7)30(25)40-6)20-29(37)36-27-19-23(14-16-26(27)33(2,3)4)32(38)35-24-13-11-18-34-21-24/h11,13-19,21-22H,8-10,12,20H2,1-7H3,(H,35,38)(H,36,37). The number of nitrogens with one attached hydrogen (secondary N) is 2. The van der Waals surface area contributed by atoms with Gasteiger partial charge in [-0.2, -0.15) is 0 Å². The van der Waals surface area contributed by atoms with Gasteiger partial charge in [0.15, 0.2) is 11.5 Å². The Bertz CT molecular complexity index is 1320. The Morgan fingerprint density at radius 3 is 2.29 bits per heavy atom. The van der Waals surface area contributed by atoms with Crippen molar-refractivity contribution in [3.63, 3.8) is 0 Å². The van der Waals surface area contributed by atoms with Gasteiger partial charge in [0.05, 0.1) is 33.2 Å². The first kappa shape index (κ1) is 31.5. The number of carbonyl (C=O) groups is 2. The molecule has 2 N–H and O–H groups in total. The van der Waals surface area contributed by atoms with E-state index in [-0.39, 0.29) is 29.6 Å². The van der Waals surface area contributed by atoms with Crippen molar-refractivity contribution in [2.75, 3.05) is 32.0 Å². The van der Waals surface area contributed by atoms with Crippen LogP contribution in [0.5, 0.6) is 17.2 Å². The number of rotatable bonds is 13. The summed E-state index contributed by atoms with van der Waals surface area (Å²) in [6.07, 6.45) is 7.40. The zero-order valence-corrected chi connectivity index (χ0v) is 25.3. The summed E-state index contributed by atoms with van der Waals surface area (Å²) >= 11 is 0. The maximum atomic E-state index is 13.6. The number of pyridine rings is 1. The smallest absolute Gasteiger partial charge is 0.255 e. The highest BCUT2D eigenvalue weighted by Crippen LogP contribution is 2.44. The second-order valence-electron chi connectivity index (χ2n) is 11.1. The third-order valence-electron chi connectivity index (χ3n) is 7.05. The fraction of sp³-hybridized carbons (Fsp3) is 0.424. The number of anilines is 2. The minimum absolute atomic E-state index is 0.105. The highest BCUT2D eigenvalue weighted by Gasteiger charge is 2.26. The number of nitrogens with zero attached hydrogens (tertiary/aromatic N) is 1. The maximum Gasteiger partial charge on any atom is 0.255 e. The molecule has 8 nitrogen and oxygen atoms in total. The molecule has 0 aliphatic heterocycles. The van der Waals surface area contributed by atoms with Gasteiger partial charge in [0, 0.05) is 29.4 Å². The molecule has 0 fully saturated rings. The number of unbranched alkanes of at least 4 members (excludes halogenated alkanes) is 2. The van der Waals surface area contributed by atoms with Crippen LogP contribution in [-0.4, -0.2) is 38.1 Å². The molecule has 0 aliphatic carbocycles. The van der Waals surface area contributed by atoms with Crippen LogP contribution in [0.15, 0.2) is 54.9 Å². The van der Waals surface area contributed by atoms with Crippen LogP contribution in [-0.2, 0) is 10.2 Å². The van der Waals surface area contributed by atoms with Gasteiger partial charge in [-0.3, -0.25) is 14.6 Å². The minimum atomic E-state index is -0.276. The van der Waals surface area contributed by atoms with Crippen molar-refractivity contribution in [3.05, 3.63) is 71.5 Å². The Morgan fingerprint density at radius 2 is 1.68 bits per heavy atom. The predicted octanol–water partition coefficient (Wildman–Crippen LogP) is 7.35. The third-order valence-corrected chi connectivity index (χ3v) is 7.05. The molecule has 0 spiro atoms. The Morgan fingerprint density at radius 1 is 0.927 bits per heavy atom. The number of benzene rings is 2. The molecule has 41 heavy (non-hydrogen) atoms. The number of methoxy groups -OCH3 is 3. The van der Waals surface area contributed by atoms with Gasteiger partial charge in [-0.05, 0) is 53.6 Å². The Labute approximate surface area is 243 Å². The molecule has 0 bridgehead atoms. The topological polar surface area (TPSA) is 98.8 Å². The predicted molar refractivity (Wildman–Crippen MR) is 164 cm³/mol. The van der Waals surface area contributed by atoms with Gasteiger partial charge in [0.25, 0.3) is 5.91 Å². The van der Waals surface area contributed by atoms with Gasteiger partial charge >= 0.3 is 0 Å². The lowest BCUT2D eigenvalue weighted by Crippen LogP contribution is -2.22. The first-order chi connectivity index (χ1) is 19.6. The number of hydrogen-bond acceptors (Lipinski definition) is 6. The summed E-state index contributed by atoms with van der Waals surface area (Å²) in [4.78, 5) is 30.7. The van der Waals surface area contributed by atoms with Crippen molar-refractivity contribution in [2.45, 2.75) is 71.1 Å². The molecule has 1 unspecified atom stereocenters. The van der Waals surface area contributed by atoms with Gasteiger partial charge in [-0.15, -0.1) is 0 Å². The lowest BCUT2D eigenvalue weighted by molar-refractivity contribution is -0.116. The van der Waals surface area contributed by atoms with Crippen LogP contribution in [0.2, 0.25) is 0 Å². The van der Waals surface area contributed by atoms with Crippen LogP contribution < -0.4 is 24.8 Å². The highest BCUT2D eigenvalue weighted by molar-refractivity contribution is 6.05. The van der Waals surface area contributed by atoms with Crippen LogP contribution >= 0.6 is 0 Å². The number of carbonyl (C=O) groups excluding carboxylic acids is 2. The largest absolute Gasteiger partial charge is 0.493 e. The Kier molecular flexibility index (Phi) is 11.1. The van der Waals surface area contributed by atoms with E-state index >= 15 is 0 Å². The second kappa shape index (κ2) is 14.5. The zero-order valence-electron chi connectivity index (χ0n) is 25.3. The molecular formula is C33H43N3O5. The maximum absolute atomic E-state index is 13.6. The van der Waals surface area contributed by atoms with Gasteiger partial charge in [0.1, 0.15) is 0 Å². The average molecular weight is 562 g/mol. The monoisotopic (exact) mass is 561 g/mol. The van der Waals surface area contributed by atoms with Crippen LogP contribution in [0.4, 0.5) is 11.4 Å². The molecule has 8 heteroatoms. The van der Waals surface area contributed by atoms with Crippen molar-refractivity contribution in [2.24, 2.45) is 0 Å². The third kappa shape index (κ3) is 8.22. The molecule has 1 heterocycles. The van der Waals surface area contributed by atoms with Crippen molar-refractivity contribution >= 4 is 23.2 Å². The van der Waals surface area contributed by atoms with Gasteiger partial charge in [-0.1, -0.05) is 59.1 Å². The number of amides is 2. The minimum Gasteiger partial charge on any atom is -0.493 e. The zero-order chi connectivity index (χ0) is 30.0. The summed E-state index contributed by atoms with van der Waals surface area (Å²) < 4.78 is 16.8. The van der Waals surface area contributed by atoms with E-state index in [0.717, 1.165) is 36.8 Å². The van der Waals surface area contributed by atoms with Crippen LogP contribution in [0.25, 0.3) is 0 Å². The lowest BCUT2D eigenvalue weighted by atomic mass is 9.84. The highest BCUT2D eigenvalue weighted by atomic mass is 16.5. The van der Waals surface area contributed by atoms with Gasteiger partial charge in [0.2, 0.25) is 11.7 Å². The summed E-state index contributed by atoms with van der Waals surface area (Å²) in [5, 5.41) is 5.99. The molecule has 2 aromatic carbocycles. The molecule has 0 saturated heterocycles. The number of aromatic nitrogens is 1. The van der Waals surface area contributed by atoms with Crippen molar-refractivity contribution < 1.29 is 23.8 Å². The summed E-state index contributed by atoms with van der Waals surface area (Å²) in [6.45, 7) is 8.39. The van der Waals surface area contributed by atoms with E-state index in [1.165, 1.54) is 0 Å². The van der Waals surface area contributed by atoms with E-state index in [9.17, 15) is 9.59 Å². The molecule has 3 aromatic rings. The molecule has 3 rings (SSSR count). The lowest BCUT2D eigenvalue weighted by Gasteiger charge is -2.25. The van der Waals surface area contributed by atoms with Crippen molar-refractivity contribution in [1.82, 2.24) is 4.98 Å². The molecule has 0 radical (unpaired) electrons. The van der Waals surface area contributed by atoms with Crippen LogP contribution in [0.1, 0.15) is 87.2 Å². The van der Waals surface area contributed by atoms with E-state index in [1.807, 2.05) is 18.2 Å². The van der Waals surface area contributed by atoms with E-state index < -0.39 is 0 Å². The van der Waals surface area contributed by atoms with Crippen LogP contribution in [0, 0.1) is 0 Å². The molecule has 1 aromatic heterocycles. The molecule has 0 saturated carbocycles. The summed E-state index contributed by atoms with van der Waals surface area (Å²) in [5.41, 5.74) is 3.24. The van der Waals surface area contributed by atoms with Crippen LogP contribution in [0.3, 0.4) is 0 Å². The summed E-state index contributed by atoms with van der Waals surface area (Å²) in [6, 6.07) is 12.8. The average Bonchev–Trinajstić information content (AvgIpc) is 2.95. The quantitative estimate of drug-likeness (QED) is 0.212. The molecule has 1 atom stereocenters. The fourth-order valence-electron chi connectivity index (χ4n) is 4.96.